The molecule has 2 rings (SSSR count). The number of hydrogen-bond donors (Lipinski definition) is 2. The van der Waals surface area contributed by atoms with Gasteiger partial charge in [0.1, 0.15) is 5.82 Å². The average Bonchev–Trinajstić information content (AvgIpc) is 2.42. The molecule has 0 aliphatic carbocycles. The highest BCUT2D eigenvalue weighted by molar-refractivity contribution is 6.33. The van der Waals surface area contributed by atoms with Gasteiger partial charge in [0.25, 0.3) is 0 Å². The van der Waals surface area contributed by atoms with E-state index in [9.17, 15) is 9.18 Å². The normalized spacial score (nSPS) is 10.7. The summed E-state index contributed by atoms with van der Waals surface area (Å²) in [6.45, 7) is 0. The SMILES string of the molecule is O=C(O)c1ccccc1NN=Cc1c(F)cccc1Cl. The number of halogens is 2. The number of nitrogens with one attached hydrogen (secondary N) is 1. The number of aromatic carboxylic acids is 1. The maximum Gasteiger partial charge on any atom is 0.337 e. The zero-order chi connectivity index (χ0) is 14.5. The summed E-state index contributed by atoms with van der Waals surface area (Å²) < 4.78 is 13.5. The minimum absolute atomic E-state index is 0.0734. The Balaban J connectivity index is 2.21. The van der Waals surface area contributed by atoms with Crippen molar-refractivity contribution in [2.24, 2.45) is 5.10 Å². The topological polar surface area (TPSA) is 61.7 Å². The summed E-state index contributed by atoms with van der Waals surface area (Å²) in [7, 11) is 0. The molecule has 0 fully saturated rings. The van der Waals surface area contributed by atoms with Gasteiger partial charge >= 0.3 is 5.97 Å². The lowest BCUT2D eigenvalue weighted by molar-refractivity contribution is 0.0698. The van der Waals surface area contributed by atoms with E-state index in [1.165, 1.54) is 30.5 Å². The zero-order valence-corrected chi connectivity index (χ0v) is 10.9. The molecule has 20 heavy (non-hydrogen) atoms. The molecule has 0 unspecified atom stereocenters. The van der Waals surface area contributed by atoms with Crippen LogP contribution in [0.15, 0.2) is 47.6 Å². The van der Waals surface area contributed by atoms with Crippen molar-refractivity contribution in [3.8, 4) is 0 Å². The van der Waals surface area contributed by atoms with Crippen LogP contribution >= 0.6 is 11.6 Å². The van der Waals surface area contributed by atoms with Crippen molar-refractivity contribution in [3.63, 3.8) is 0 Å². The van der Waals surface area contributed by atoms with E-state index < -0.39 is 11.8 Å². The summed E-state index contributed by atoms with van der Waals surface area (Å²) in [6.07, 6.45) is 1.20. The highest BCUT2D eigenvalue weighted by atomic mass is 35.5. The number of carboxylic acid groups (broad SMARTS) is 1. The number of hydrazone groups is 1. The minimum atomic E-state index is -1.08. The van der Waals surface area contributed by atoms with Gasteiger partial charge in [-0.15, -0.1) is 0 Å². The predicted molar refractivity (Wildman–Crippen MR) is 76.0 cm³/mol. The van der Waals surface area contributed by atoms with Crippen molar-refractivity contribution >= 4 is 29.5 Å². The van der Waals surface area contributed by atoms with Crippen molar-refractivity contribution in [2.75, 3.05) is 5.43 Å². The van der Waals surface area contributed by atoms with Crippen LogP contribution in [0.4, 0.5) is 10.1 Å². The summed E-state index contributed by atoms with van der Waals surface area (Å²) in [5.41, 5.74) is 3.08. The van der Waals surface area contributed by atoms with Crippen molar-refractivity contribution in [2.45, 2.75) is 0 Å². The Bertz CT molecular complexity index is 654. The van der Waals surface area contributed by atoms with E-state index in [2.05, 4.69) is 10.5 Å². The van der Waals surface area contributed by atoms with Crippen LogP contribution in [-0.4, -0.2) is 17.3 Å². The van der Waals surface area contributed by atoms with Gasteiger partial charge in [0.2, 0.25) is 0 Å². The van der Waals surface area contributed by atoms with Gasteiger partial charge in [-0.25, -0.2) is 9.18 Å². The van der Waals surface area contributed by atoms with E-state index in [0.717, 1.165) is 0 Å². The van der Waals surface area contributed by atoms with Gasteiger partial charge in [-0.05, 0) is 24.3 Å². The summed E-state index contributed by atoms with van der Waals surface area (Å²) in [5.74, 6) is -1.58. The maximum atomic E-state index is 13.5. The largest absolute Gasteiger partial charge is 0.478 e. The smallest absolute Gasteiger partial charge is 0.337 e. The lowest BCUT2D eigenvalue weighted by Crippen LogP contribution is -2.02. The Hall–Kier alpha value is -2.40. The van der Waals surface area contributed by atoms with Gasteiger partial charge in [0.15, 0.2) is 0 Å². The summed E-state index contributed by atoms with van der Waals surface area (Å²) in [5, 5.41) is 13.0. The molecule has 0 aromatic heterocycles. The van der Waals surface area contributed by atoms with E-state index in [4.69, 9.17) is 16.7 Å². The van der Waals surface area contributed by atoms with Crippen LogP contribution in [0.5, 0.6) is 0 Å². The third kappa shape index (κ3) is 3.13. The fraction of sp³-hybridized carbons (Fsp3) is 0. The Morgan fingerprint density at radius 1 is 1.25 bits per heavy atom. The van der Waals surface area contributed by atoms with Gasteiger partial charge in [0, 0.05) is 5.56 Å². The number of rotatable bonds is 4. The van der Waals surface area contributed by atoms with Gasteiger partial charge in [-0.3, -0.25) is 5.43 Å². The van der Waals surface area contributed by atoms with Gasteiger partial charge < -0.3 is 5.11 Å². The molecule has 0 heterocycles. The fourth-order valence-electron chi connectivity index (χ4n) is 1.57. The molecule has 0 radical (unpaired) electrons. The Kier molecular flexibility index (Phi) is 4.32. The molecule has 2 N–H and O–H groups in total. The summed E-state index contributed by atoms with van der Waals surface area (Å²) in [6, 6.07) is 10.6. The quantitative estimate of drug-likeness (QED) is 0.668. The highest BCUT2D eigenvalue weighted by Crippen LogP contribution is 2.18. The first kappa shape index (κ1) is 14.0. The molecule has 6 heteroatoms. The molecule has 2 aromatic rings. The predicted octanol–water partition coefficient (Wildman–Crippen LogP) is 3.62. The molecule has 0 atom stereocenters. The number of benzene rings is 2. The molecule has 0 spiro atoms. The molecule has 0 saturated heterocycles. The van der Waals surface area contributed by atoms with Crippen molar-refractivity contribution in [1.29, 1.82) is 0 Å². The minimum Gasteiger partial charge on any atom is -0.478 e. The molecule has 102 valence electrons. The molecule has 0 aliphatic heterocycles. The average molecular weight is 293 g/mol. The number of carbonyl (C=O) groups is 1. The Morgan fingerprint density at radius 2 is 2.00 bits per heavy atom. The van der Waals surface area contributed by atoms with Crippen LogP contribution in [0.1, 0.15) is 15.9 Å². The number of para-hydroxylation sites is 1. The van der Waals surface area contributed by atoms with Crippen LogP contribution in [0.3, 0.4) is 0 Å². The molecule has 4 nitrogen and oxygen atoms in total. The van der Waals surface area contributed by atoms with Gasteiger partial charge in [0.05, 0.1) is 22.5 Å². The number of anilines is 1. The highest BCUT2D eigenvalue weighted by Gasteiger charge is 2.08. The molecule has 0 aliphatic rings. The van der Waals surface area contributed by atoms with Crippen molar-refractivity contribution < 1.29 is 14.3 Å². The second-order valence-electron chi connectivity index (χ2n) is 3.86. The van der Waals surface area contributed by atoms with E-state index in [-0.39, 0.29) is 16.1 Å². The molecular weight excluding hydrogens is 283 g/mol. The first-order chi connectivity index (χ1) is 9.59. The van der Waals surface area contributed by atoms with Crippen LogP contribution in [0, 0.1) is 5.82 Å². The maximum absolute atomic E-state index is 13.5. The summed E-state index contributed by atoms with van der Waals surface area (Å²) >= 11 is 5.84. The van der Waals surface area contributed by atoms with E-state index in [1.54, 1.807) is 18.2 Å². The number of nitrogens with zero attached hydrogens (tertiary/aromatic N) is 1. The van der Waals surface area contributed by atoms with Crippen LogP contribution < -0.4 is 5.43 Å². The number of hydrogen-bond acceptors (Lipinski definition) is 3. The van der Waals surface area contributed by atoms with Crippen molar-refractivity contribution in [3.05, 3.63) is 64.4 Å². The van der Waals surface area contributed by atoms with Crippen molar-refractivity contribution in [1.82, 2.24) is 0 Å². The second kappa shape index (κ2) is 6.16. The summed E-state index contributed by atoms with van der Waals surface area (Å²) in [4.78, 5) is 11.0. The third-order valence-electron chi connectivity index (χ3n) is 2.54. The standard InChI is InChI=1S/C14H10ClFN2O2/c15-11-5-3-6-12(16)10(11)8-17-18-13-7-2-1-4-9(13)14(19)20/h1-8,18H,(H,19,20). The second-order valence-corrected chi connectivity index (χ2v) is 4.26. The Morgan fingerprint density at radius 3 is 2.70 bits per heavy atom. The Labute approximate surface area is 119 Å². The van der Waals surface area contributed by atoms with Crippen LogP contribution in [-0.2, 0) is 0 Å². The monoisotopic (exact) mass is 292 g/mol. The van der Waals surface area contributed by atoms with E-state index in [0.29, 0.717) is 5.69 Å². The zero-order valence-electron chi connectivity index (χ0n) is 10.2. The van der Waals surface area contributed by atoms with E-state index >= 15 is 0 Å². The molecular formula is C14H10ClFN2O2. The lowest BCUT2D eigenvalue weighted by Gasteiger charge is -2.04. The molecule has 0 saturated carbocycles. The third-order valence-corrected chi connectivity index (χ3v) is 2.87. The number of carboxylic acids is 1. The molecule has 0 amide bonds. The fourth-order valence-corrected chi connectivity index (χ4v) is 1.78. The molecule has 2 aromatic carbocycles. The first-order valence-corrected chi connectivity index (χ1v) is 6.03. The van der Waals surface area contributed by atoms with Gasteiger partial charge in [-0.1, -0.05) is 29.8 Å². The van der Waals surface area contributed by atoms with Crippen LogP contribution in [0.2, 0.25) is 5.02 Å². The first-order valence-electron chi connectivity index (χ1n) is 5.65. The van der Waals surface area contributed by atoms with E-state index in [1.807, 2.05) is 0 Å². The van der Waals surface area contributed by atoms with Gasteiger partial charge in [-0.2, -0.15) is 5.10 Å². The van der Waals surface area contributed by atoms with Crippen LogP contribution in [0.25, 0.3) is 0 Å². The molecule has 0 bridgehead atoms. The lowest BCUT2D eigenvalue weighted by atomic mass is 10.2.